The van der Waals surface area contributed by atoms with Crippen molar-refractivity contribution in [2.24, 2.45) is 0 Å². The van der Waals surface area contributed by atoms with Crippen LogP contribution in [0.25, 0.3) is 0 Å². The van der Waals surface area contributed by atoms with E-state index < -0.39 is 42.9 Å². The molecule has 0 bridgehead atoms. The highest BCUT2D eigenvalue weighted by molar-refractivity contribution is 5.83. The number of nitrogens with zero attached hydrogens (tertiary/aromatic N) is 2. The molecule has 0 aliphatic carbocycles. The minimum Gasteiger partial charge on any atom is -0.449 e. The molecule has 0 saturated carbocycles. The number of amides is 1. The van der Waals surface area contributed by atoms with Gasteiger partial charge in [0.1, 0.15) is 24.1 Å². The number of unbranched alkanes of at least 4 members (excludes halogenated alkanes) is 13. The van der Waals surface area contributed by atoms with Crippen molar-refractivity contribution in [3.63, 3.8) is 0 Å². The standard InChI is InChI=1S/C26H45N3O7/c1-2-3-4-5-6-7-8-9-10-11-12-13-14-15-18-35-26(34)28-21-16-17-29(25(33)27-21)24-23(32)22(31)20(19-30)36-24/h16-17,20,22-24,30-32H,2-15,18-19H2,1H3,(H,27,28,33,34)/t20-,22-,23+,24?/m1/s1. The maximum atomic E-state index is 12.3. The van der Waals surface area contributed by atoms with E-state index in [0.29, 0.717) is 6.61 Å². The third-order valence-electron chi connectivity index (χ3n) is 6.58. The van der Waals surface area contributed by atoms with Crippen LogP contribution in [0.3, 0.4) is 0 Å². The van der Waals surface area contributed by atoms with Crippen LogP contribution in [-0.4, -0.2) is 62.5 Å². The minimum absolute atomic E-state index is 0.00829. The van der Waals surface area contributed by atoms with Crippen LogP contribution in [0, 0.1) is 0 Å². The van der Waals surface area contributed by atoms with Gasteiger partial charge in [-0.2, -0.15) is 4.98 Å². The van der Waals surface area contributed by atoms with E-state index >= 15 is 0 Å². The molecule has 1 fully saturated rings. The number of hydrogen-bond acceptors (Lipinski definition) is 8. The summed E-state index contributed by atoms with van der Waals surface area (Å²) < 4.78 is 11.5. The fraction of sp³-hybridized carbons (Fsp3) is 0.808. The third kappa shape index (κ3) is 10.5. The number of anilines is 1. The lowest BCUT2D eigenvalue weighted by Crippen LogP contribution is -2.36. The summed E-state index contributed by atoms with van der Waals surface area (Å²) in [5, 5.41) is 31.5. The SMILES string of the molecule is CCCCCCCCCCCCCCCCOC(=O)Nc1ccn(C2O[C@H](CO)[C@@H](O)[C@@H]2O)c(=O)n1. The van der Waals surface area contributed by atoms with Crippen molar-refractivity contribution in [3.05, 3.63) is 22.7 Å². The molecular formula is C26H45N3O7. The third-order valence-corrected chi connectivity index (χ3v) is 6.58. The largest absolute Gasteiger partial charge is 0.449 e. The number of rotatable bonds is 18. The summed E-state index contributed by atoms with van der Waals surface area (Å²) in [5.74, 6) is 0.00829. The molecule has 1 aliphatic heterocycles. The summed E-state index contributed by atoms with van der Waals surface area (Å²) in [5.41, 5.74) is -0.783. The maximum absolute atomic E-state index is 12.3. The Kier molecular flexibility index (Phi) is 14.6. The van der Waals surface area contributed by atoms with Gasteiger partial charge >= 0.3 is 11.8 Å². The molecule has 1 unspecified atom stereocenters. The van der Waals surface area contributed by atoms with Gasteiger partial charge in [0, 0.05) is 6.20 Å². The van der Waals surface area contributed by atoms with Crippen LogP contribution in [0.15, 0.2) is 17.1 Å². The summed E-state index contributed by atoms with van der Waals surface area (Å²) in [6.07, 6.45) is 13.2. The Morgan fingerprint density at radius 2 is 1.53 bits per heavy atom. The number of aliphatic hydroxyl groups is 3. The van der Waals surface area contributed by atoms with E-state index in [-0.39, 0.29) is 5.82 Å². The number of aliphatic hydroxyl groups excluding tert-OH is 3. The molecule has 4 atom stereocenters. The number of ether oxygens (including phenoxy) is 2. The average Bonchev–Trinajstić information content (AvgIpc) is 3.15. The van der Waals surface area contributed by atoms with Gasteiger partial charge in [-0.1, -0.05) is 90.4 Å². The maximum Gasteiger partial charge on any atom is 0.412 e. The number of aromatic nitrogens is 2. The van der Waals surface area contributed by atoms with Gasteiger partial charge in [0.15, 0.2) is 6.23 Å². The van der Waals surface area contributed by atoms with Crippen molar-refractivity contribution >= 4 is 11.9 Å². The Hall–Kier alpha value is -2.01. The van der Waals surface area contributed by atoms with E-state index in [1.165, 1.54) is 82.9 Å². The van der Waals surface area contributed by atoms with Crippen LogP contribution in [-0.2, 0) is 9.47 Å². The van der Waals surface area contributed by atoms with Gasteiger partial charge in [0.25, 0.3) is 0 Å². The molecule has 1 aromatic rings. The van der Waals surface area contributed by atoms with E-state index in [1.807, 2.05) is 0 Å². The van der Waals surface area contributed by atoms with E-state index in [9.17, 15) is 24.9 Å². The highest BCUT2D eigenvalue weighted by Gasteiger charge is 2.43. The lowest BCUT2D eigenvalue weighted by molar-refractivity contribution is -0.0549. The molecule has 2 rings (SSSR count). The molecule has 0 spiro atoms. The molecular weight excluding hydrogens is 466 g/mol. The average molecular weight is 512 g/mol. The van der Waals surface area contributed by atoms with Gasteiger partial charge in [0.2, 0.25) is 0 Å². The smallest absolute Gasteiger partial charge is 0.412 e. The monoisotopic (exact) mass is 511 g/mol. The Morgan fingerprint density at radius 3 is 2.03 bits per heavy atom. The molecule has 1 saturated heterocycles. The number of hydrogen-bond donors (Lipinski definition) is 4. The second-order valence-corrected chi connectivity index (χ2v) is 9.59. The minimum atomic E-state index is -1.39. The highest BCUT2D eigenvalue weighted by Crippen LogP contribution is 2.28. The summed E-state index contributed by atoms with van der Waals surface area (Å²) >= 11 is 0. The summed E-state index contributed by atoms with van der Waals surface area (Å²) in [4.78, 5) is 28.0. The molecule has 1 aromatic heterocycles. The van der Waals surface area contributed by atoms with Gasteiger partial charge in [-0.3, -0.25) is 9.88 Å². The lowest BCUT2D eigenvalue weighted by Gasteiger charge is -2.17. The number of nitrogens with one attached hydrogen (secondary N) is 1. The second-order valence-electron chi connectivity index (χ2n) is 9.59. The second kappa shape index (κ2) is 17.4. The normalized spacial score (nSPS) is 21.6. The van der Waals surface area contributed by atoms with Gasteiger partial charge in [0.05, 0.1) is 13.2 Å². The van der Waals surface area contributed by atoms with Crippen molar-refractivity contribution in [2.45, 2.75) is 121 Å². The molecule has 1 aliphatic rings. The Balaban J connectivity index is 1.52. The topological polar surface area (TPSA) is 143 Å². The predicted molar refractivity (Wildman–Crippen MR) is 137 cm³/mol. The zero-order chi connectivity index (χ0) is 26.2. The van der Waals surface area contributed by atoms with Crippen molar-refractivity contribution in [1.82, 2.24) is 9.55 Å². The molecule has 10 nitrogen and oxygen atoms in total. The number of carbonyl (C=O) groups is 1. The van der Waals surface area contributed by atoms with Gasteiger partial charge < -0.3 is 24.8 Å². The van der Waals surface area contributed by atoms with E-state index in [4.69, 9.17) is 9.47 Å². The van der Waals surface area contributed by atoms with Gasteiger partial charge in [-0.15, -0.1) is 0 Å². The van der Waals surface area contributed by atoms with Crippen molar-refractivity contribution in [3.8, 4) is 0 Å². The highest BCUT2D eigenvalue weighted by atomic mass is 16.6. The van der Waals surface area contributed by atoms with E-state index in [1.54, 1.807) is 0 Å². The van der Waals surface area contributed by atoms with Crippen LogP contribution < -0.4 is 11.0 Å². The first-order valence-electron chi connectivity index (χ1n) is 13.6. The van der Waals surface area contributed by atoms with Crippen LogP contribution in [0.1, 0.15) is 103 Å². The first-order chi connectivity index (χ1) is 17.5. The molecule has 36 heavy (non-hydrogen) atoms. The summed E-state index contributed by atoms with van der Waals surface area (Å²) in [7, 11) is 0. The molecule has 0 radical (unpaired) electrons. The summed E-state index contributed by atoms with van der Waals surface area (Å²) in [6.45, 7) is 2.05. The fourth-order valence-electron chi connectivity index (χ4n) is 4.39. The van der Waals surface area contributed by atoms with Crippen LogP contribution in [0.4, 0.5) is 10.6 Å². The van der Waals surface area contributed by atoms with Crippen molar-refractivity contribution in [1.29, 1.82) is 0 Å². The quantitative estimate of drug-likeness (QED) is 0.217. The Bertz CT molecular complexity index is 804. The fourth-order valence-corrected chi connectivity index (χ4v) is 4.39. The van der Waals surface area contributed by atoms with Crippen molar-refractivity contribution < 1.29 is 29.6 Å². The first kappa shape index (κ1) is 30.2. The first-order valence-corrected chi connectivity index (χ1v) is 13.6. The van der Waals surface area contributed by atoms with Crippen LogP contribution >= 0.6 is 0 Å². The zero-order valence-corrected chi connectivity index (χ0v) is 21.6. The van der Waals surface area contributed by atoms with Crippen molar-refractivity contribution in [2.75, 3.05) is 18.5 Å². The van der Waals surface area contributed by atoms with Crippen LogP contribution in [0.2, 0.25) is 0 Å². The van der Waals surface area contributed by atoms with E-state index in [2.05, 4.69) is 17.2 Å². The summed E-state index contributed by atoms with van der Waals surface area (Å²) in [6, 6.07) is 1.36. The zero-order valence-electron chi connectivity index (χ0n) is 21.6. The molecule has 1 amide bonds. The molecule has 4 N–H and O–H groups in total. The Labute approximate surface area is 214 Å². The Morgan fingerprint density at radius 1 is 0.972 bits per heavy atom. The van der Waals surface area contributed by atoms with Gasteiger partial charge in [-0.25, -0.2) is 9.59 Å². The predicted octanol–water partition coefficient (Wildman–Crippen LogP) is 3.88. The van der Waals surface area contributed by atoms with Gasteiger partial charge in [-0.05, 0) is 12.5 Å². The molecule has 0 aromatic carbocycles. The lowest BCUT2D eigenvalue weighted by atomic mass is 10.0. The molecule has 2 heterocycles. The molecule has 206 valence electrons. The van der Waals surface area contributed by atoms with E-state index in [0.717, 1.165) is 23.8 Å². The molecule has 10 heteroatoms. The van der Waals surface area contributed by atoms with Crippen LogP contribution in [0.5, 0.6) is 0 Å². The number of carbonyl (C=O) groups excluding carboxylic acids is 1.